The van der Waals surface area contributed by atoms with E-state index >= 15 is 0 Å². The largest absolute Gasteiger partial charge is 0.235 e. The second-order valence-electron chi connectivity index (χ2n) is 7.40. The normalized spacial score (nSPS) is 12.8. The molecule has 0 spiro atoms. The molecule has 150 valence electrons. The van der Waals surface area contributed by atoms with Gasteiger partial charge in [-0.15, -0.1) is 0 Å². The van der Waals surface area contributed by atoms with Crippen LogP contribution in [0.15, 0.2) is 9.98 Å². The Morgan fingerprint density at radius 1 is 0.538 bits per heavy atom. The van der Waals surface area contributed by atoms with Crippen LogP contribution < -0.4 is 0 Å². The molecule has 0 aliphatic rings. The van der Waals surface area contributed by atoms with E-state index in [0.29, 0.717) is 0 Å². The number of rotatable bonds is 19. The summed E-state index contributed by atoms with van der Waals surface area (Å²) in [4.78, 5) is 29.4. The molecule has 0 saturated carbocycles. The maximum Gasteiger partial charge on any atom is 0.235 e. The van der Waals surface area contributed by atoms with Crippen LogP contribution in [-0.4, -0.2) is 24.2 Å². The number of unbranched alkanes of at least 4 members (excludes halogenated alkanes) is 12. The maximum absolute atomic E-state index is 10.8. The van der Waals surface area contributed by atoms with Gasteiger partial charge in [0.15, 0.2) is 0 Å². The third kappa shape index (κ3) is 15.0. The fourth-order valence-corrected chi connectivity index (χ4v) is 3.44. The Morgan fingerprint density at radius 3 is 1.15 bits per heavy atom. The van der Waals surface area contributed by atoms with Gasteiger partial charge in [0.05, 0.1) is 12.1 Å². The SMILES string of the molecule is CCCCCCCCCCC(N=C=O)C(CCCCCCCC)N=C=O. The summed E-state index contributed by atoms with van der Waals surface area (Å²) in [6.45, 7) is 4.44. The zero-order valence-corrected chi connectivity index (χ0v) is 17.2. The van der Waals surface area contributed by atoms with Crippen LogP contribution in [0.5, 0.6) is 0 Å². The summed E-state index contributed by atoms with van der Waals surface area (Å²) in [5, 5.41) is 0. The minimum Gasteiger partial charge on any atom is -0.211 e. The van der Waals surface area contributed by atoms with Crippen LogP contribution in [0.4, 0.5) is 0 Å². The summed E-state index contributed by atoms with van der Waals surface area (Å²) in [7, 11) is 0. The molecule has 0 aromatic rings. The standard InChI is InChI=1S/C22H40N2O2/c1-3-5-7-9-11-12-14-16-18-22(24-20-26)21(23-19-25)17-15-13-10-8-6-4-2/h21-22H,3-18H2,1-2H3. The molecule has 0 radical (unpaired) electrons. The van der Waals surface area contributed by atoms with Gasteiger partial charge in [0, 0.05) is 0 Å². The Balaban J connectivity index is 4.12. The number of isocyanates is 2. The lowest BCUT2D eigenvalue weighted by atomic mass is 9.96. The summed E-state index contributed by atoms with van der Waals surface area (Å²) in [5.74, 6) is 0. The van der Waals surface area contributed by atoms with Crippen LogP contribution >= 0.6 is 0 Å². The van der Waals surface area contributed by atoms with Gasteiger partial charge < -0.3 is 0 Å². The molecule has 26 heavy (non-hydrogen) atoms. The van der Waals surface area contributed by atoms with Crippen molar-refractivity contribution in [2.75, 3.05) is 0 Å². The first kappa shape index (κ1) is 24.8. The van der Waals surface area contributed by atoms with Crippen molar-refractivity contribution in [1.82, 2.24) is 0 Å². The van der Waals surface area contributed by atoms with Crippen molar-refractivity contribution in [1.29, 1.82) is 0 Å². The second kappa shape index (κ2) is 20.1. The van der Waals surface area contributed by atoms with Crippen molar-refractivity contribution in [3.63, 3.8) is 0 Å². The van der Waals surface area contributed by atoms with Crippen LogP contribution in [0, 0.1) is 0 Å². The predicted octanol–water partition coefficient (Wildman–Crippen LogP) is 6.68. The minimum atomic E-state index is -0.204. The first-order valence-electron chi connectivity index (χ1n) is 10.9. The van der Waals surface area contributed by atoms with Crippen molar-refractivity contribution in [3.8, 4) is 0 Å². The van der Waals surface area contributed by atoms with Crippen LogP contribution in [-0.2, 0) is 9.59 Å². The topological polar surface area (TPSA) is 58.9 Å². The summed E-state index contributed by atoms with van der Waals surface area (Å²) in [6.07, 6.45) is 22.2. The van der Waals surface area contributed by atoms with Gasteiger partial charge in [-0.1, -0.05) is 104 Å². The zero-order valence-electron chi connectivity index (χ0n) is 17.2. The average molecular weight is 365 g/mol. The Bertz CT molecular complexity index is 399. The lowest BCUT2D eigenvalue weighted by Crippen LogP contribution is -2.23. The molecule has 0 amide bonds. The number of hydrogen-bond donors (Lipinski definition) is 0. The van der Waals surface area contributed by atoms with Crippen molar-refractivity contribution in [2.24, 2.45) is 9.98 Å². The van der Waals surface area contributed by atoms with E-state index in [4.69, 9.17) is 0 Å². The summed E-state index contributed by atoms with van der Waals surface area (Å²) >= 11 is 0. The van der Waals surface area contributed by atoms with E-state index in [-0.39, 0.29) is 12.1 Å². The van der Waals surface area contributed by atoms with E-state index in [1.807, 2.05) is 0 Å². The fraction of sp³-hybridized carbons (Fsp3) is 0.909. The molecule has 0 aliphatic heterocycles. The Labute approximate surface area is 161 Å². The van der Waals surface area contributed by atoms with Gasteiger partial charge in [0.25, 0.3) is 0 Å². The zero-order chi connectivity index (χ0) is 19.3. The quantitative estimate of drug-likeness (QED) is 0.146. The van der Waals surface area contributed by atoms with Gasteiger partial charge in [-0.05, 0) is 12.8 Å². The van der Waals surface area contributed by atoms with E-state index in [9.17, 15) is 9.59 Å². The van der Waals surface area contributed by atoms with E-state index < -0.39 is 0 Å². The molecule has 0 heterocycles. The fourth-order valence-electron chi connectivity index (χ4n) is 3.44. The maximum atomic E-state index is 10.8. The Kier molecular flexibility index (Phi) is 19.1. The molecule has 4 heteroatoms. The van der Waals surface area contributed by atoms with E-state index in [0.717, 1.165) is 38.5 Å². The van der Waals surface area contributed by atoms with E-state index in [2.05, 4.69) is 23.8 Å². The molecule has 0 saturated heterocycles. The lowest BCUT2D eigenvalue weighted by Gasteiger charge is -2.18. The predicted molar refractivity (Wildman–Crippen MR) is 109 cm³/mol. The Morgan fingerprint density at radius 2 is 0.846 bits per heavy atom. The van der Waals surface area contributed by atoms with Crippen molar-refractivity contribution < 1.29 is 9.59 Å². The molecule has 0 aliphatic carbocycles. The van der Waals surface area contributed by atoms with Gasteiger partial charge in [0.2, 0.25) is 12.2 Å². The number of nitrogens with zero attached hydrogens (tertiary/aromatic N) is 2. The highest BCUT2D eigenvalue weighted by Gasteiger charge is 2.20. The molecule has 2 unspecified atom stereocenters. The smallest absolute Gasteiger partial charge is 0.211 e. The highest BCUT2D eigenvalue weighted by atomic mass is 16.1. The highest BCUT2D eigenvalue weighted by Crippen LogP contribution is 2.19. The monoisotopic (exact) mass is 364 g/mol. The molecule has 0 N–H and O–H groups in total. The van der Waals surface area contributed by atoms with Crippen LogP contribution in [0.25, 0.3) is 0 Å². The van der Waals surface area contributed by atoms with Crippen molar-refractivity contribution in [2.45, 2.75) is 129 Å². The Hall–Kier alpha value is -1.24. The highest BCUT2D eigenvalue weighted by molar-refractivity contribution is 5.36. The molecular weight excluding hydrogens is 324 g/mol. The van der Waals surface area contributed by atoms with Crippen LogP contribution in [0.1, 0.15) is 117 Å². The number of aliphatic imine (C=N–C) groups is 2. The third-order valence-corrected chi connectivity index (χ3v) is 5.09. The molecule has 2 atom stereocenters. The molecule has 0 bridgehead atoms. The first-order valence-corrected chi connectivity index (χ1v) is 10.9. The van der Waals surface area contributed by atoms with E-state index in [1.54, 1.807) is 12.2 Å². The summed E-state index contributed by atoms with van der Waals surface area (Å²) < 4.78 is 0. The van der Waals surface area contributed by atoms with Crippen LogP contribution in [0.2, 0.25) is 0 Å². The molecule has 0 aromatic heterocycles. The average Bonchev–Trinajstić information content (AvgIpc) is 2.65. The van der Waals surface area contributed by atoms with Crippen molar-refractivity contribution in [3.05, 3.63) is 0 Å². The third-order valence-electron chi connectivity index (χ3n) is 5.09. The van der Waals surface area contributed by atoms with Gasteiger partial charge in [0.1, 0.15) is 0 Å². The molecular formula is C22H40N2O2. The molecule has 0 fully saturated rings. The summed E-state index contributed by atoms with van der Waals surface area (Å²) in [5.41, 5.74) is 0. The number of hydrogen-bond acceptors (Lipinski definition) is 4. The van der Waals surface area contributed by atoms with Gasteiger partial charge in [-0.25, -0.2) is 19.6 Å². The lowest BCUT2D eigenvalue weighted by molar-refractivity contribution is 0.426. The van der Waals surface area contributed by atoms with Gasteiger partial charge in [-0.2, -0.15) is 0 Å². The second-order valence-corrected chi connectivity index (χ2v) is 7.40. The van der Waals surface area contributed by atoms with Crippen LogP contribution in [0.3, 0.4) is 0 Å². The molecule has 4 nitrogen and oxygen atoms in total. The van der Waals surface area contributed by atoms with Crippen molar-refractivity contribution >= 4 is 12.2 Å². The van der Waals surface area contributed by atoms with Gasteiger partial charge >= 0.3 is 0 Å². The number of carbonyl (C=O) groups excluding carboxylic acids is 2. The molecule has 0 rings (SSSR count). The minimum absolute atomic E-state index is 0.204. The molecule has 0 aromatic carbocycles. The van der Waals surface area contributed by atoms with Gasteiger partial charge in [-0.3, -0.25) is 0 Å². The summed E-state index contributed by atoms with van der Waals surface area (Å²) in [6, 6.07) is -0.408. The van der Waals surface area contributed by atoms with E-state index in [1.165, 1.54) is 64.2 Å². The first-order chi connectivity index (χ1) is 12.8.